The molecule has 4 heteroatoms. The molecule has 2 bridgehead atoms. The number of hydrogen-bond donors (Lipinski definition) is 2. The van der Waals surface area contributed by atoms with Crippen LogP contribution in [-0.4, -0.2) is 22.8 Å². The Bertz CT molecular complexity index is 1170. The van der Waals surface area contributed by atoms with Crippen molar-refractivity contribution in [2.75, 3.05) is 6.61 Å². The summed E-state index contributed by atoms with van der Waals surface area (Å²) in [5.41, 5.74) is 5.89. The molecular weight excluding hydrogens is 412 g/mol. The Morgan fingerprint density at radius 2 is 1.91 bits per heavy atom. The molecule has 33 heavy (non-hydrogen) atoms. The molecule has 0 saturated heterocycles. The van der Waals surface area contributed by atoms with Gasteiger partial charge in [0.15, 0.2) is 0 Å². The highest BCUT2D eigenvalue weighted by Gasteiger charge is 2.41. The Balaban J connectivity index is 1.51. The number of rotatable bonds is 4. The van der Waals surface area contributed by atoms with Crippen molar-refractivity contribution in [2.45, 2.75) is 50.9 Å². The Morgan fingerprint density at radius 3 is 2.70 bits per heavy atom. The van der Waals surface area contributed by atoms with E-state index in [1.54, 1.807) is 29.8 Å². The summed E-state index contributed by atoms with van der Waals surface area (Å²) in [7, 11) is 0. The van der Waals surface area contributed by atoms with Crippen molar-refractivity contribution in [3.63, 3.8) is 0 Å². The summed E-state index contributed by atoms with van der Waals surface area (Å²) < 4.78 is 5.99. The molecule has 1 heterocycles. The fraction of sp³-hybridized carbons (Fsp3) is 0.345. The lowest BCUT2D eigenvalue weighted by Gasteiger charge is -2.44. The molecule has 0 radical (unpaired) electrons. The Labute approximate surface area is 194 Å². The van der Waals surface area contributed by atoms with Gasteiger partial charge in [0.05, 0.1) is 12.2 Å². The first-order chi connectivity index (χ1) is 15.9. The number of benzene rings is 2. The van der Waals surface area contributed by atoms with E-state index in [9.17, 15) is 15.0 Å². The number of carboxylic acids is 1. The molecule has 2 aliphatic carbocycles. The van der Waals surface area contributed by atoms with Crippen molar-refractivity contribution in [3.8, 4) is 5.75 Å². The topological polar surface area (TPSA) is 66.8 Å². The highest BCUT2D eigenvalue weighted by atomic mass is 16.5. The molecule has 2 aromatic rings. The van der Waals surface area contributed by atoms with E-state index in [-0.39, 0.29) is 11.0 Å². The molecule has 0 amide bonds. The molecule has 2 unspecified atom stereocenters. The largest absolute Gasteiger partial charge is 0.508 e. The molecular formula is C29H30O4. The molecule has 1 aliphatic heterocycles. The zero-order valence-electron chi connectivity index (χ0n) is 19.0. The van der Waals surface area contributed by atoms with Crippen LogP contribution in [0.2, 0.25) is 0 Å². The van der Waals surface area contributed by atoms with Gasteiger partial charge in [-0.15, -0.1) is 0 Å². The van der Waals surface area contributed by atoms with E-state index in [0.717, 1.165) is 53.7 Å². The number of carboxylic acid groups (broad SMARTS) is 1. The second-order valence-electron chi connectivity index (χ2n) is 9.74. The van der Waals surface area contributed by atoms with Crippen LogP contribution in [-0.2, 0) is 10.2 Å². The third-order valence-corrected chi connectivity index (χ3v) is 7.30. The molecule has 3 aliphatic rings. The summed E-state index contributed by atoms with van der Waals surface area (Å²) in [6.45, 7) is 2.85. The number of allylic oxidation sites excluding steroid dienone is 4. The van der Waals surface area contributed by atoms with E-state index < -0.39 is 5.97 Å². The normalized spacial score (nSPS) is 24.6. The maximum Gasteiger partial charge on any atom is 0.335 e. The summed E-state index contributed by atoms with van der Waals surface area (Å²) >= 11 is 0. The zero-order valence-corrected chi connectivity index (χ0v) is 19.0. The molecule has 170 valence electrons. The van der Waals surface area contributed by atoms with Crippen molar-refractivity contribution in [2.24, 2.45) is 5.92 Å². The second kappa shape index (κ2) is 8.58. The van der Waals surface area contributed by atoms with E-state index in [4.69, 9.17) is 4.74 Å². The smallest absolute Gasteiger partial charge is 0.335 e. The van der Waals surface area contributed by atoms with Crippen LogP contribution in [0.1, 0.15) is 72.5 Å². The van der Waals surface area contributed by atoms with E-state index in [1.165, 1.54) is 12.8 Å². The Kier molecular flexibility index (Phi) is 5.61. The molecule has 2 aromatic carbocycles. The van der Waals surface area contributed by atoms with Crippen molar-refractivity contribution in [1.82, 2.24) is 0 Å². The monoisotopic (exact) mass is 442 g/mol. The third-order valence-electron chi connectivity index (χ3n) is 7.30. The van der Waals surface area contributed by atoms with Crippen LogP contribution in [0.25, 0.3) is 11.3 Å². The third kappa shape index (κ3) is 4.22. The fourth-order valence-corrected chi connectivity index (χ4v) is 5.91. The summed E-state index contributed by atoms with van der Waals surface area (Å²) in [6.07, 6.45) is 13.0. The van der Waals surface area contributed by atoms with E-state index in [0.29, 0.717) is 18.3 Å². The van der Waals surface area contributed by atoms with Crippen molar-refractivity contribution >= 4 is 17.3 Å². The van der Waals surface area contributed by atoms with Crippen LogP contribution in [0, 0.1) is 5.92 Å². The van der Waals surface area contributed by atoms with Crippen LogP contribution < -0.4 is 0 Å². The number of phenols is 1. The summed E-state index contributed by atoms with van der Waals surface area (Å²) in [6, 6.07) is 12.8. The first-order valence-electron chi connectivity index (χ1n) is 11.9. The van der Waals surface area contributed by atoms with Crippen molar-refractivity contribution in [1.29, 1.82) is 0 Å². The van der Waals surface area contributed by atoms with Crippen LogP contribution in [0.5, 0.6) is 5.75 Å². The van der Waals surface area contributed by atoms with Gasteiger partial charge in [-0.3, -0.25) is 0 Å². The molecule has 0 spiro atoms. The van der Waals surface area contributed by atoms with Gasteiger partial charge in [-0.2, -0.15) is 0 Å². The lowest BCUT2D eigenvalue weighted by molar-refractivity contribution is 0.0697. The Hall–Kier alpha value is -3.27. The molecule has 1 saturated carbocycles. The van der Waals surface area contributed by atoms with Crippen molar-refractivity contribution in [3.05, 3.63) is 88.5 Å². The highest BCUT2D eigenvalue weighted by Crippen LogP contribution is 2.52. The lowest BCUT2D eigenvalue weighted by Crippen LogP contribution is -2.35. The van der Waals surface area contributed by atoms with Crippen LogP contribution in [0.4, 0.5) is 0 Å². The number of fused-ring (bicyclic) bond motifs is 2. The van der Waals surface area contributed by atoms with Gasteiger partial charge in [0.1, 0.15) is 11.5 Å². The molecule has 5 rings (SSSR count). The number of ether oxygens (including phenoxy) is 1. The van der Waals surface area contributed by atoms with Crippen LogP contribution >= 0.6 is 0 Å². The number of aromatic carboxylic acids is 1. The van der Waals surface area contributed by atoms with Gasteiger partial charge in [-0.25, -0.2) is 4.79 Å². The predicted octanol–water partition coefficient (Wildman–Crippen LogP) is 6.71. The standard InChI is InChI=1S/C29H30O4/c1-19-14-20-4-2-12-29(17-19,18-20)25-15-24(10-11-26(25)30)23-5-3-13-33-27(16-23)21-6-8-22(9-7-21)28(31)32/h5-11,14-16,19,30H,2-4,12-13,17-18H2,1H3,(H,31,32). The van der Waals surface area contributed by atoms with E-state index >= 15 is 0 Å². The van der Waals surface area contributed by atoms with Gasteiger partial charge in [-0.05, 0) is 79.5 Å². The maximum absolute atomic E-state index is 11.2. The number of hydrogen-bond acceptors (Lipinski definition) is 3. The minimum Gasteiger partial charge on any atom is -0.508 e. The minimum atomic E-state index is -0.938. The summed E-state index contributed by atoms with van der Waals surface area (Å²) in [5, 5.41) is 20.1. The second-order valence-corrected chi connectivity index (χ2v) is 9.74. The molecule has 4 nitrogen and oxygen atoms in total. The van der Waals surface area contributed by atoms with Gasteiger partial charge in [0.2, 0.25) is 0 Å². The highest BCUT2D eigenvalue weighted by molar-refractivity contribution is 5.88. The first kappa shape index (κ1) is 21.6. The van der Waals surface area contributed by atoms with E-state index in [2.05, 4.69) is 25.1 Å². The molecule has 1 fully saturated rings. The quantitative estimate of drug-likeness (QED) is 0.516. The summed E-state index contributed by atoms with van der Waals surface area (Å²) in [5.74, 6) is 0.722. The summed E-state index contributed by atoms with van der Waals surface area (Å²) in [4.78, 5) is 11.2. The molecule has 2 atom stereocenters. The van der Waals surface area contributed by atoms with E-state index in [1.807, 2.05) is 18.2 Å². The number of phenolic OH excluding ortho intramolecular Hbond substituents is 1. The SMILES string of the molecule is CC1C=C2CCCC(c3cc(C4=CCCOC(c5ccc(C(=O)O)cc5)=C4)ccc3O)(C2)C1. The maximum atomic E-state index is 11.2. The minimum absolute atomic E-state index is 0.0167. The van der Waals surface area contributed by atoms with Crippen molar-refractivity contribution < 1.29 is 19.7 Å². The number of aromatic hydroxyl groups is 1. The lowest BCUT2D eigenvalue weighted by atomic mass is 9.60. The van der Waals surface area contributed by atoms with Gasteiger partial charge in [-0.1, -0.05) is 42.8 Å². The zero-order chi connectivity index (χ0) is 23.0. The Morgan fingerprint density at radius 1 is 1.12 bits per heavy atom. The van der Waals surface area contributed by atoms with Crippen LogP contribution in [0.15, 0.2) is 66.3 Å². The van der Waals surface area contributed by atoms with Gasteiger partial charge >= 0.3 is 5.97 Å². The number of carbonyl (C=O) groups is 1. The first-order valence-corrected chi connectivity index (χ1v) is 11.9. The van der Waals surface area contributed by atoms with Gasteiger partial charge in [0.25, 0.3) is 0 Å². The van der Waals surface area contributed by atoms with Crippen LogP contribution in [0.3, 0.4) is 0 Å². The molecule has 2 N–H and O–H groups in total. The predicted molar refractivity (Wildman–Crippen MR) is 130 cm³/mol. The van der Waals surface area contributed by atoms with Gasteiger partial charge < -0.3 is 14.9 Å². The average molecular weight is 443 g/mol. The molecule has 0 aromatic heterocycles. The van der Waals surface area contributed by atoms with Gasteiger partial charge in [0, 0.05) is 23.0 Å². The average Bonchev–Trinajstić information content (AvgIpc) is 3.05. The fourth-order valence-electron chi connectivity index (χ4n) is 5.91.